The van der Waals surface area contributed by atoms with Crippen molar-refractivity contribution in [2.24, 2.45) is 11.7 Å². The number of nitrogens with one attached hydrogen (secondary N) is 2. The molecule has 1 rings (SSSR count). The SMILES string of the molecule is CC(CN)CNC(=O)CCNS(=O)(=O)c1ccc(Br)cc1.Cl. The van der Waals surface area contributed by atoms with Crippen LogP contribution >= 0.6 is 28.3 Å². The fourth-order valence-corrected chi connectivity index (χ4v) is 2.75. The van der Waals surface area contributed by atoms with Crippen LogP contribution in [0.25, 0.3) is 0 Å². The molecule has 0 fully saturated rings. The van der Waals surface area contributed by atoms with Crippen LogP contribution in [0.1, 0.15) is 13.3 Å². The number of sulfonamides is 1. The quantitative estimate of drug-likeness (QED) is 0.596. The van der Waals surface area contributed by atoms with Gasteiger partial charge in [-0.1, -0.05) is 22.9 Å². The molecule has 4 N–H and O–H groups in total. The third kappa shape index (κ3) is 7.55. The van der Waals surface area contributed by atoms with Crippen molar-refractivity contribution in [1.29, 1.82) is 0 Å². The highest BCUT2D eigenvalue weighted by molar-refractivity contribution is 9.10. The first-order valence-electron chi connectivity index (χ1n) is 6.57. The summed E-state index contributed by atoms with van der Waals surface area (Å²) >= 11 is 3.24. The predicted molar refractivity (Wildman–Crippen MR) is 92.4 cm³/mol. The van der Waals surface area contributed by atoms with E-state index in [1.54, 1.807) is 12.1 Å². The van der Waals surface area contributed by atoms with Crippen molar-refractivity contribution < 1.29 is 13.2 Å². The normalized spacial score (nSPS) is 12.3. The molecule has 0 spiro atoms. The minimum absolute atomic E-state index is 0. The Hall–Kier alpha value is -0.670. The first kappa shape index (κ1) is 21.3. The molecule has 9 heteroatoms. The van der Waals surface area contributed by atoms with Gasteiger partial charge in [0.1, 0.15) is 0 Å². The molecule has 0 radical (unpaired) electrons. The molecule has 6 nitrogen and oxygen atoms in total. The van der Waals surface area contributed by atoms with E-state index in [0.717, 1.165) is 4.47 Å². The van der Waals surface area contributed by atoms with Crippen molar-refractivity contribution in [2.45, 2.75) is 18.2 Å². The van der Waals surface area contributed by atoms with E-state index >= 15 is 0 Å². The van der Waals surface area contributed by atoms with E-state index in [0.29, 0.717) is 13.1 Å². The summed E-state index contributed by atoms with van der Waals surface area (Å²) in [5.41, 5.74) is 5.44. The molecule has 22 heavy (non-hydrogen) atoms. The average Bonchev–Trinajstić information content (AvgIpc) is 2.45. The molecule has 0 bridgehead atoms. The van der Waals surface area contributed by atoms with Crippen LogP contribution in [0.15, 0.2) is 33.6 Å². The van der Waals surface area contributed by atoms with Gasteiger partial charge in [0.15, 0.2) is 0 Å². The van der Waals surface area contributed by atoms with Gasteiger partial charge in [-0.2, -0.15) is 0 Å². The van der Waals surface area contributed by atoms with Crippen LogP contribution in [0.5, 0.6) is 0 Å². The van der Waals surface area contributed by atoms with E-state index in [1.165, 1.54) is 12.1 Å². The van der Waals surface area contributed by atoms with Crippen LogP contribution in [0.4, 0.5) is 0 Å². The maximum absolute atomic E-state index is 12.0. The number of rotatable bonds is 8. The van der Waals surface area contributed by atoms with Crippen LogP contribution in [-0.4, -0.2) is 34.0 Å². The summed E-state index contributed by atoms with van der Waals surface area (Å²) in [7, 11) is -3.58. The molecule has 1 aromatic rings. The van der Waals surface area contributed by atoms with E-state index < -0.39 is 10.0 Å². The number of carbonyl (C=O) groups excluding carboxylic acids is 1. The number of carbonyl (C=O) groups is 1. The van der Waals surface area contributed by atoms with Gasteiger partial charge in [0.2, 0.25) is 15.9 Å². The minimum atomic E-state index is -3.58. The van der Waals surface area contributed by atoms with Crippen molar-refractivity contribution in [2.75, 3.05) is 19.6 Å². The van der Waals surface area contributed by atoms with Gasteiger partial charge in [-0.05, 0) is 36.7 Å². The topological polar surface area (TPSA) is 101 Å². The Bertz CT molecular complexity index is 566. The van der Waals surface area contributed by atoms with Crippen LogP contribution < -0.4 is 15.8 Å². The first-order chi connectivity index (χ1) is 9.85. The van der Waals surface area contributed by atoms with E-state index in [9.17, 15) is 13.2 Å². The predicted octanol–water partition coefficient (Wildman–Crippen LogP) is 1.25. The van der Waals surface area contributed by atoms with Gasteiger partial charge in [0, 0.05) is 24.0 Å². The average molecular weight is 415 g/mol. The molecular weight excluding hydrogens is 394 g/mol. The third-order valence-electron chi connectivity index (χ3n) is 2.82. The van der Waals surface area contributed by atoms with Crippen molar-refractivity contribution in [3.05, 3.63) is 28.7 Å². The van der Waals surface area contributed by atoms with Gasteiger partial charge >= 0.3 is 0 Å². The van der Waals surface area contributed by atoms with Gasteiger partial charge in [-0.15, -0.1) is 12.4 Å². The maximum Gasteiger partial charge on any atom is 0.240 e. The number of nitrogens with two attached hydrogens (primary N) is 1. The zero-order valence-corrected chi connectivity index (χ0v) is 15.4. The molecule has 1 unspecified atom stereocenters. The second kappa shape index (κ2) is 10.2. The van der Waals surface area contributed by atoms with Gasteiger partial charge in [-0.3, -0.25) is 4.79 Å². The van der Waals surface area contributed by atoms with Crippen LogP contribution in [0, 0.1) is 5.92 Å². The molecule has 1 aromatic carbocycles. The monoisotopic (exact) mass is 413 g/mol. The lowest BCUT2D eigenvalue weighted by molar-refractivity contribution is -0.121. The Labute approximate surface area is 145 Å². The molecule has 0 aliphatic carbocycles. The molecular formula is C13H21BrClN3O3S. The smallest absolute Gasteiger partial charge is 0.240 e. The summed E-state index contributed by atoms with van der Waals surface area (Å²) < 4.78 is 27.1. The highest BCUT2D eigenvalue weighted by Crippen LogP contribution is 2.14. The Kier molecular flexibility index (Phi) is 9.86. The summed E-state index contributed by atoms with van der Waals surface area (Å²) in [6.07, 6.45) is 0.0903. The number of hydrogen-bond donors (Lipinski definition) is 3. The maximum atomic E-state index is 12.0. The van der Waals surface area contributed by atoms with Crippen molar-refractivity contribution >= 4 is 44.3 Å². The van der Waals surface area contributed by atoms with Crippen LogP contribution in [-0.2, 0) is 14.8 Å². The summed E-state index contributed by atoms with van der Waals surface area (Å²) in [4.78, 5) is 11.7. The molecule has 0 saturated heterocycles. The summed E-state index contributed by atoms with van der Waals surface area (Å²) in [5, 5.41) is 2.71. The lowest BCUT2D eigenvalue weighted by atomic mass is 10.2. The Morgan fingerprint density at radius 3 is 2.45 bits per heavy atom. The number of hydrogen-bond acceptors (Lipinski definition) is 4. The van der Waals surface area contributed by atoms with Crippen LogP contribution in [0.2, 0.25) is 0 Å². The molecule has 0 aliphatic rings. The Morgan fingerprint density at radius 2 is 1.91 bits per heavy atom. The van der Waals surface area contributed by atoms with Crippen molar-refractivity contribution in [3.8, 4) is 0 Å². The minimum Gasteiger partial charge on any atom is -0.356 e. The fourth-order valence-electron chi connectivity index (χ4n) is 1.46. The summed E-state index contributed by atoms with van der Waals surface area (Å²) in [5.74, 6) is 0.00205. The Morgan fingerprint density at radius 1 is 1.32 bits per heavy atom. The lowest BCUT2D eigenvalue weighted by Crippen LogP contribution is -2.34. The van der Waals surface area contributed by atoms with Crippen molar-refractivity contribution in [1.82, 2.24) is 10.0 Å². The molecule has 0 aromatic heterocycles. The van der Waals surface area contributed by atoms with Gasteiger partial charge in [0.05, 0.1) is 4.90 Å². The molecule has 1 atom stereocenters. The molecule has 126 valence electrons. The number of halogens is 2. The highest BCUT2D eigenvalue weighted by atomic mass is 79.9. The van der Waals surface area contributed by atoms with E-state index in [4.69, 9.17) is 5.73 Å². The van der Waals surface area contributed by atoms with E-state index in [2.05, 4.69) is 26.0 Å². The summed E-state index contributed by atoms with van der Waals surface area (Å²) in [6, 6.07) is 6.29. The summed E-state index contributed by atoms with van der Waals surface area (Å²) in [6.45, 7) is 2.98. The first-order valence-corrected chi connectivity index (χ1v) is 8.84. The van der Waals surface area contributed by atoms with Gasteiger partial charge in [-0.25, -0.2) is 13.1 Å². The number of amides is 1. The molecule has 0 aliphatic heterocycles. The van der Waals surface area contributed by atoms with Crippen LogP contribution in [0.3, 0.4) is 0 Å². The van der Waals surface area contributed by atoms with E-state index in [1.807, 2.05) is 6.92 Å². The standard InChI is InChI=1S/C13H20BrN3O3S.ClH/c1-10(8-15)9-16-13(18)6-7-17-21(19,20)12-4-2-11(14)3-5-12;/h2-5,10,17H,6-9,15H2,1H3,(H,16,18);1H. The van der Waals surface area contributed by atoms with Crippen molar-refractivity contribution in [3.63, 3.8) is 0 Å². The van der Waals surface area contributed by atoms with Gasteiger partial charge in [0.25, 0.3) is 0 Å². The lowest BCUT2D eigenvalue weighted by Gasteiger charge is -2.10. The second-order valence-electron chi connectivity index (χ2n) is 4.75. The molecule has 0 heterocycles. The fraction of sp³-hybridized carbons (Fsp3) is 0.462. The zero-order chi connectivity index (χ0) is 15.9. The zero-order valence-electron chi connectivity index (χ0n) is 12.2. The highest BCUT2D eigenvalue weighted by Gasteiger charge is 2.14. The second-order valence-corrected chi connectivity index (χ2v) is 7.43. The third-order valence-corrected chi connectivity index (χ3v) is 4.82. The van der Waals surface area contributed by atoms with Gasteiger partial charge < -0.3 is 11.1 Å². The largest absolute Gasteiger partial charge is 0.356 e. The molecule has 1 amide bonds. The number of benzene rings is 1. The Balaban J connectivity index is 0.00000441. The molecule has 0 saturated carbocycles. The van der Waals surface area contributed by atoms with E-state index in [-0.39, 0.29) is 42.1 Å².